The molecule has 2 nitrogen and oxygen atoms in total. The van der Waals surface area contributed by atoms with E-state index < -0.39 is 0 Å². The first kappa shape index (κ1) is 17.8. The van der Waals surface area contributed by atoms with Crippen LogP contribution in [0, 0.1) is 13.8 Å². The molecule has 0 aliphatic carbocycles. The third-order valence-electron chi connectivity index (χ3n) is 3.23. The summed E-state index contributed by atoms with van der Waals surface area (Å²) in [4.78, 5) is 0. The van der Waals surface area contributed by atoms with E-state index in [1.54, 1.807) is 0 Å². The first-order chi connectivity index (χ1) is 9.61. The molecule has 0 aromatic heterocycles. The van der Waals surface area contributed by atoms with E-state index >= 15 is 0 Å². The average molecular weight is 326 g/mol. The maximum Gasteiger partial charge on any atom is 0.125 e. The summed E-state index contributed by atoms with van der Waals surface area (Å²) in [6.45, 7) is 5.52. The van der Waals surface area contributed by atoms with Gasteiger partial charge in [0.15, 0.2) is 0 Å². The molecule has 0 bridgehead atoms. The van der Waals surface area contributed by atoms with Crippen molar-refractivity contribution >= 4 is 24.0 Å². The van der Waals surface area contributed by atoms with Crippen LogP contribution in [0.2, 0.25) is 5.02 Å². The third-order valence-corrected chi connectivity index (χ3v) is 3.60. The summed E-state index contributed by atoms with van der Waals surface area (Å²) in [5, 5.41) is 3.91. The molecular weight excluding hydrogens is 305 g/mol. The minimum atomic E-state index is 0. The summed E-state index contributed by atoms with van der Waals surface area (Å²) in [5.41, 5.74) is 4.59. The summed E-state index contributed by atoms with van der Waals surface area (Å²) in [6, 6.07) is 12.1. The molecule has 0 spiro atoms. The number of halogens is 2. The molecule has 0 unspecified atom stereocenters. The molecule has 0 heterocycles. The van der Waals surface area contributed by atoms with Crippen molar-refractivity contribution in [3.63, 3.8) is 0 Å². The van der Waals surface area contributed by atoms with Gasteiger partial charge in [0.25, 0.3) is 0 Å². The van der Waals surface area contributed by atoms with Gasteiger partial charge in [-0.3, -0.25) is 0 Å². The van der Waals surface area contributed by atoms with Crippen LogP contribution in [-0.2, 0) is 13.2 Å². The molecule has 0 fully saturated rings. The van der Waals surface area contributed by atoms with E-state index in [4.69, 9.17) is 16.3 Å². The average Bonchev–Trinajstić information content (AvgIpc) is 2.40. The van der Waals surface area contributed by atoms with Crippen LogP contribution in [0.5, 0.6) is 5.75 Å². The van der Waals surface area contributed by atoms with Crippen LogP contribution in [0.1, 0.15) is 22.3 Å². The number of ether oxygens (including phenoxy) is 1. The fraction of sp³-hybridized carbons (Fsp3) is 0.294. The molecule has 114 valence electrons. The fourth-order valence-electron chi connectivity index (χ4n) is 2.34. The summed E-state index contributed by atoms with van der Waals surface area (Å²) in [6.07, 6.45) is 0. The van der Waals surface area contributed by atoms with Crippen molar-refractivity contribution in [3.8, 4) is 5.75 Å². The van der Waals surface area contributed by atoms with Crippen molar-refractivity contribution < 1.29 is 4.74 Å². The third kappa shape index (κ3) is 4.63. The number of aryl methyl sites for hydroxylation is 2. The minimum Gasteiger partial charge on any atom is -0.488 e. The highest BCUT2D eigenvalue weighted by Crippen LogP contribution is 2.26. The molecule has 0 saturated carbocycles. The largest absolute Gasteiger partial charge is 0.488 e. The van der Waals surface area contributed by atoms with Gasteiger partial charge in [0.1, 0.15) is 12.4 Å². The van der Waals surface area contributed by atoms with Crippen molar-refractivity contribution in [2.75, 3.05) is 7.05 Å². The zero-order chi connectivity index (χ0) is 14.5. The number of benzene rings is 2. The molecule has 0 aliphatic rings. The topological polar surface area (TPSA) is 21.3 Å². The van der Waals surface area contributed by atoms with Gasteiger partial charge < -0.3 is 10.1 Å². The predicted molar refractivity (Wildman–Crippen MR) is 91.7 cm³/mol. The van der Waals surface area contributed by atoms with Crippen LogP contribution >= 0.6 is 24.0 Å². The lowest BCUT2D eigenvalue weighted by atomic mass is 10.1. The molecule has 0 atom stereocenters. The second kappa shape index (κ2) is 8.28. The minimum absolute atomic E-state index is 0. The zero-order valence-electron chi connectivity index (χ0n) is 12.6. The molecule has 2 rings (SSSR count). The lowest BCUT2D eigenvalue weighted by Crippen LogP contribution is -2.06. The summed E-state index contributed by atoms with van der Waals surface area (Å²) in [5.74, 6) is 0.949. The van der Waals surface area contributed by atoms with Crippen LogP contribution < -0.4 is 10.1 Å². The molecule has 0 amide bonds. The Bertz CT molecular complexity index is 576. The summed E-state index contributed by atoms with van der Waals surface area (Å²) < 4.78 is 5.96. The van der Waals surface area contributed by atoms with Crippen LogP contribution in [0.3, 0.4) is 0 Å². The second-order valence-corrected chi connectivity index (χ2v) is 5.38. The molecular formula is C17H21Cl2NO. The summed E-state index contributed by atoms with van der Waals surface area (Å²) in [7, 11) is 1.95. The number of rotatable bonds is 5. The molecule has 21 heavy (non-hydrogen) atoms. The van der Waals surface area contributed by atoms with Gasteiger partial charge in [-0.05, 0) is 43.7 Å². The standard InChI is InChI=1S/C17H20ClNO.ClH/c1-12-8-14(10-19-3)9-13(2)17(12)20-11-15-6-4-5-7-16(15)18;/h4-9,19H,10-11H2,1-3H3;1H. The lowest BCUT2D eigenvalue weighted by Gasteiger charge is -2.14. The van der Waals surface area contributed by atoms with Crippen molar-refractivity contribution in [3.05, 3.63) is 63.7 Å². The van der Waals surface area contributed by atoms with E-state index in [-0.39, 0.29) is 12.4 Å². The maximum absolute atomic E-state index is 6.15. The Morgan fingerprint density at radius 3 is 2.29 bits per heavy atom. The maximum atomic E-state index is 6.15. The van der Waals surface area contributed by atoms with E-state index in [0.717, 1.165) is 34.0 Å². The Morgan fingerprint density at radius 1 is 1.10 bits per heavy atom. The smallest absolute Gasteiger partial charge is 0.125 e. The number of hydrogen-bond donors (Lipinski definition) is 1. The van der Waals surface area contributed by atoms with Crippen molar-refractivity contribution in [2.45, 2.75) is 27.0 Å². The highest BCUT2D eigenvalue weighted by molar-refractivity contribution is 6.31. The van der Waals surface area contributed by atoms with Gasteiger partial charge in [-0.15, -0.1) is 12.4 Å². The van der Waals surface area contributed by atoms with E-state index in [1.165, 1.54) is 5.56 Å². The Hall–Kier alpha value is -1.22. The van der Waals surface area contributed by atoms with E-state index in [2.05, 4.69) is 31.3 Å². The zero-order valence-corrected chi connectivity index (χ0v) is 14.1. The number of nitrogens with one attached hydrogen (secondary N) is 1. The van der Waals surface area contributed by atoms with Gasteiger partial charge in [0.2, 0.25) is 0 Å². The molecule has 4 heteroatoms. The Morgan fingerprint density at radius 2 is 1.71 bits per heavy atom. The normalized spacial score (nSPS) is 10.1. The summed E-state index contributed by atoms with van der Waals surface area (Å²) >= 11 is 6.15. The van der Waals surface area contributed by atoms with Crippen molar-refractivity contribution in [2.24, 2.45) is 0 Å². The predicted octanol–water partition coefficient (Wildman–Crippen LogP) is 4.68. The first-order valence-electron chi connectivity index (χ1n) is 6.72. The SMILES string of the molecule is CNCc1cc(C)c(OCc2ccccc2Cl)c(C)c1.Cl. The second-order valence-electron chi connectivity index (χ2n) is 4.97. The van der Waals surface area contributed by atoms with Crippen LogP contribution in [0.15, 0.2) is 36.4 Å². The van der Waals surface area contributed by atoms with Crippen LogP contribution in [0.25, 0.3) is 0 Å². The van der Waals surface area contributed by atoms with Gasteiger partial charge in [-0.1, -0.05) is 41.9 Å². The Kier molecular flexibility index (Phi) is 7.03. The van der Waals surface area contributed by atoms with E-state index in [1.807, 2.05) is 31.3 Å². The molecule has 1 N–H and O–H groups in total. The highest BCUT2D eigenvalue weighted by atomic mass is 35.5. The molecule has 2 aromatic carbocycles. The van der Waals surface area contributed by atoms with Crippen molar-refractivity contribution in [1.82, 2.24) is 5.32 Å². The molecule has 0 saturated heterocycles. The van der Waals surface area contributed by atoms with E-state index in [9.17, 15) is 0 Å². The first-order valence-corrected chi connectivity index (χ1v) is 7.10. The molecule has 0 radical (unpaired) electrons. The molecule has 2 aromatic rings. The Balaban J connectivity index is 0.00000220. The van der Waals surface area contributed by atoms with Gasteiger partial charge in [0.05, 0.1) is 0 Å². The Labute approximate surface area is 137 Å². The van der Waals surface area contributed by atoms with Gasteiger partial charge >= 0.3 is 0 Å². The number of hydrogen-bond acceptors (Lipinski definition) is 2. The van der Waals surface area contributed by atoms with Crippen LogP contribution in [-0.4, -0.2) is 7.05 Å². The van der Waals surface area contributed by atoms with Crippen molar-refractivity contribution in [1.29, 1.82) is 0 Å². The molecule has 0 aliphatic heterocycles. The van der Waals surface area contributed by atoms with Gasteiger partial charge in [-0.2, -0.15) is 0 Å². The quantitative estimate of drug-likeness (QED) is 0.861. The van der Waals surface area contributed by atoms with E-state index in [0.29, 0.717) is 6.61 Å². The van der Waals surface area contributed by atoms with Gasteiger partial charge in [-0.25, -0.2) is 0 Å². The fourth-order valence-corrected chi connectivity index (χ4v) is 2.53. The highest BCUT2D eigenvalue weighted by Gasteiger charge is 2.08. The van der Waals surface area contributed by atoms with Crippen LogP contribution in [0.4, 0.5) is 0 Å². The monoisotopic (exact) mass is 325 g/mol. The van der Waals surface area contributed by atoms with Gasteiger partial charge in [0, 0.05) is 17.1 Å². The lowest BCUT2D eigenvalue weighted by molar-refractivity contribution is 0.302.